The van der Waals surface area contributed by atoms with Crippen molar-refractivity contribution in [3.63, 3.8) is 0 Å². The lowest BCUT2D eigenvalue weighted by Gasteiger charge is -2.33. The highest BCUT2D eigenvalue weighted by Gasteiger charge is 2.20. The van der Waals surface area contributed by atoms with E-state index in [1.807, 2.05) is 6.92 Å². The van der Waals surface area contributed by atoms with Crippen LogP contribution in [0.3, 0.4) is 0 Å². The van der Waals surface area contributed by atoms with Gasteiger partial charge < -0.3 is 11.1 Å². The highest BCUT2D eigenvalue weighted by atomic mass is 15.2. The Balaban J connectivity index is 1.57. The van der Waals surface area contributed by atoms with Crippen molar-refractivity contribution in [1.82, 2.24) is 14.9 Å². The molecule has 0 saturated carbocycles. The summed E-state index contributed by atoms with van der Waals surface area (Å²) in [6.07, 6.45) is 3.05. The normalized spacial score (nSPS) is 16.2. The van der Waals surface area contributed by atoms with Crippen LogP contribution in [0.5, 0.6) is 0 Å². The van der Waals surface area contributed by atoms with Crippen LogP contribution in [0.1, 0.15) is 36.7 Å². The van der Waals surface area contributed by atoms with Gasteiger partial charge in [-0.05, 0) is 25.3 Å². The smallest absolute Gasteiger partial charge is 0.134 e. The van der Waals surface area contributed by atoms with E-state index in [1.54, 1.807) is 0 Å². The molecule has 24 heavy (non-hydrogen) atoms. The van der Waals surface area contributed by atoms with E-state index in [1.165, 1.54) is 5.56 Å². The van der Waals surface area contributed by atoms with Crippen molar-refractivity contribution < 1.29 is 0 Å². The molecule has 2 aromatic rings. The highest BCUT2D eigenvalue weighted by Crippen LogP contribution is 2.22. The Morgan fingerprint density at radius 2 is 1.88 bits per heavy atom. The zero-order chi connectivity index (χ0) is 16.9. The van der Waals surface area contributed by atoms with Crippen molar-refractivity contribution >= 4 is 11.6 Å². The molecule has 0 aliphatic carbocycles. The highest BCUT2D eigenvalue weighted by molar-refractivity contribution is 5.55. The predicted molar refractivity (Wildman–Crippen MR) is 98.9 cm³/mol. The number of nitrogens with two attached hydrogens (primary N) is 1. The molecule has 0 unspecified atom stereocenters. The van der Waals surface area contributed by atoms with Crippen molar-refractivity contribution in [2.24, 2.45) is 0 Å². The second kappa shape index (κ2) is 7.62. The molecule has 1 aromatic carbocycles. The van der Waals surface area contributed by atoms with Gasteiger partial charge in [-0.1, -0.05) is 37.3 Å². The number of hydrogen-bond donors (Lipinski definition) is 2. The van der Waals surface area contributed by atoms with Gasteiger partial charge >= 0.3 is 0 Å². The molecule has 2 heterocycles. The van der Waals surface area contributed by atoms with Crippen molar-refractivity contribution in [2.75, 3.05) is 24.1 Å². The average Bonchev–Trinajstić information content (AvgIpc) is 2.61. The molecule has 1 saturated heterocycles. The maximum atomic E-state index is 6.01. The summed E-state index contributed by atoms with van der Waals surface area (Å²) in [5.41, 5.74) is 8.35. The standard InChI is InChI=1S/C19H27N5/c1-3-17-22-18(20)14(2)19(23-17)21-16-9-11-24(12-10-16)13-15-7-5-4-6-8-15/h4-8,16H,3,9-13H2,1-2H3,(H3,20,21,22,23). The minimum absolute atomic E-state index is 0.453. The fourth-order valence-corrected chi connectivity index (χ4v) is 3.15. The van der Waals surface area contributed by atoms with Gasteiger partial charge in [0.15, 0.2) is 0 Å². The van der Waals surface area contributed by atoms with Crippen LogP contribution in [0.15, 0.2) is 30.3 Å². The van der Waals surface area contributed by atoms with Crippen LogP contribution in [0.2, 0.25) is 0 Å². The number of rotatable bonds is 5. The van der Waals surface area contributed by atoms with Crippen LogP contribution in [0.4, 0.5) is 11.6 Å². The Morgan fingerprint density at radius 1 is 1.17 bits per heavy atom. The summed E-state index contributed by atoms with van der Waals surface area (Å²) in [5.74, 6) is 2.30. The van der Waals surface area contributed by atoms with Crippen LogP contribution in [0.25, 0.3) is 0 Å². The maximum absolute atomic E-state index is 6.01. The fourth-order valence-electron chi connectivity index (χ4n) is 3.15. The Kier molecular flexibility index (Phi) is 5.30. The summed E-state index contributed by atoms with van der Waals surface area (Å²) in [6, 6.07) is 11.1. The first-order valence-corrected chi connectivity index (χ1v) is 8.81. The summed E-state index contributed by atoms with van der Waals surface area (Å²) in [6.45, 7) is 7.28. The van der Waals surface area contributed by atoms with E-state index >= 15 is 0 Å². The molecule has 0 amide bonds. The molecule has 3 rings (SSSR count). The minimum Gasteiger partial charge on any atom is -0.383 e. The van der Waals surface area contributed by atoms with Gasteiger partial charge in [0.05, 0.1) is 0 Å². The average molecular weight is 325 g/mol. The SMILES string of the molecule is CCc1nc(N)c(C)c(NC2CCN(Cc3ccccc3)CC2)n1. The van der Waals surface area contributed by atoms with Crippen LogP contribution in [0, 0.1) is 6.92 Å². The summed E-state index contributed by atoms with van der Waals surface area (Å²) in [7, 11) is 0. The molecule has 5 heteroatoms. The van der Waals surface area contributed by atoms with Gasteiger partial charge in [0, 0.05) is 37.7 Å². The number of nitrogens with zero attached hydrogens (tertiary/aromatic N) is 3. The monoisotopic (exact) mass is 325 g/mol. The number of aromatic nitrogens is 2. The summed E-state index contributed by atoms with van der Waals surface area (Å²) < 4.78 is 0. The molecule has 0 spiro atoms. The van der Waals surface area contributed by atoms with Gasteiger partial charge in [-0.25, -0.2) is 9.97 Å². The van der Waals surface area contributed by atoms with Gasteiger partial charge in [-0.2, -0.15) is 0 Å². The lowest BCUT2D eigenvalue weighted by molar-refractivity contribution is 0.211. The minimum atomic E-state index is 0.453. The fraction of sp³-hybridized carbons (Fsp3) is 0.474. The molecule has 1 aliphatic heterocycles. The molecule has 1 aliphatic rings. The summed E-state index contributed by atoms with van der Waals surface area (Å²) >= 11 is 0. The zero-order valence-electron chi connectivity index (χ0n) is 14.6. The first-order chi connectivity index (χ1) is 11.7. The van der Waals surface area contributed by atoms with Gasteiger partial charge in [-0.3, -0.25) is 4.90 Å². The third-order valence-corrected chi connectivity index (χ3v) is 4.72. The third-order valence-electron chi connectivity index (χ3n) is 4.72. The lowest BCUT2D eigenvalue weighted by atomic mass is 10.0. The van der Waals surface area contributed by atoms with E-state index in [-0.39, 0.29) is 0 Å². The quantitative estimate of drug-likeness (QED) is 0.884. The van der Waals surface area contributed by atoms with Gasteiger partial charge in [0.2, 0.25) is 0 Å². The van der Waals surface area contributed by atoms with E-state index in [2.05, 4.69) is 57.4 Å². The molecule has 0 bridgehead atoms. The van der Waals surface area contributed by atoms with Crippen LogP contribution in [-0.2, 0) is 13.0 Å². The van der Waals surface area contributed by atoms with Gasteiger partial charge in [-0.15, -0.1) is 0 Å². The molecule has 1 aromatic heterocycles. The molecular weight excluding hydrogens is 298 g/mol. The molecule has 1 fully saturated rings. The predicted octanol–water partition coefficient (Wildman–Crippen LogP) is 3.01. The lowest BCUT2D eigenvalue weighted by Crippen LogP contribution is -2.39. The molecule has 0 atom stereocenters. The van der Waals surface area contributed by atoms with Gasteiger partial charge in [0.25, 0.3) is 0 Å². The Morgan fingerprint density at radius 3 is 2.54 bits per heavy atom. The van der Waals surface area contributed by atoms with E-state index in [0.717, 1.165) is 56.1 Å². The van der Waals surface area contributed by atoms with Crippen molar-refractivity contribution in [1.29, 1.82) is 0 Å². The maximum Gasteiger partial charge on any atom is 0.134 e. The molecular formula is C19H27N5. The van der Waals surface area contributed by atoms with Crippen LogP contribution >= 0.6 is 0 Å². The van der Waals surface area contributed by atoms with Crippen molar-refractivity contribution in [2.45, 2.75) is 45.7 Å². The van der Waals surface area contributed by atoms with Gasteiger partial charge in [0.1, 0.15) is 17.5 Å². The van der Waals surface area contributed by atoms with Crippen LogP contribution < -0.4 is 11.1 Å². The van der Waals surface area contributed by atoms with E-state index in [9.17, 15) is 0 Å². The third kappa shape index (κ3) is 4.03. The topological polar surface area (TPSA) is 67.1 Å². The molecule has 3 N–H and O–H groups in total. The molecule has 0 radical (unpaired) electrons. The number of nitrogens with one attached hydrogen (secondary N) is 1. The number of hydrogen-bond acceptors (Lipinski definition) is 5. The van der Waals surface area contributed by atoms with Crippen molar-refractivity contribution in [3.05, 3.63) is 47.3 Å². The number of anilines is 2. The first-order valence-electron chi connectivity index (χ1n) is 8.81. The zero-order valence-corrected chi connectivity index (χ0v) is 14.6. The Bertz CT molecular complexity index is 663. The molecule has 5 nitrogen and oxygen atoms in total. The number of nitrogen functional groups attached to an aromatic ring is 1. The summed E-state index contributed by atoms with van der Waals surface area (Å²) in [4.78, 5) is 11.5. The Labute approximate surface area is 144 Å². The van der Waals surface area contributed by atoms with E-state index in [4.69, 9.17) is 5.73 Å². The second-order valence-corrected chi connectivity index (χ2v) is 6.53. The number of aryl methyl sites for hydroxylation is 1. The molecule has 128 valence electrons. The van der Waals surface area contributed by atoms with Crippen molar-refractivity contribution in [3.8, 4) is 0 Å². The summed E-state index contributed by atoms with van der Waals surface area (Å²) in [5, 5.41) is 3.59. The van der Waals surface area contributed by atoms with E-state index in [0.29, 0.717) is 11.9 Å². The number of piperidine rings is 1. The number of likely N-dealkylation sites (tertiary alicyclic amines) is 1. The van der Waals surface area contributed by atoms with E-state index < -0.39 is 0 Å². The number of benzene rings is 1. The Hall–Kier alpha value is -2.14. The largest absolute Gasteiger partial charge is 0.383 e. The van der Waals surface area contributed by atoms with Crippen LogP contribution in [-0.4, -0.2) is 34.0 Å². The first kappa shape index (κ1) is 16.7. The second-order valence-electron chi connectivity index (χ2n) is 6.53.